The molecule has 3 saturated carbocycles. The van der Waals surface area contributed by atoms with Gasteiger partial charge >= 0.3 is 11.9 Å². The summed E-state index contributed by atoms with van der Waals surface area (Å²) in [5, 5.41) is 35.7. The van der Waals surface area contributed by atoms with E-state index in [9.17, 15) is 29.4 Å². The van der Waals surface area contributed by atoms with Crippen molar-refractivity contribution in [2.75, 3.05) is 6.61 Å². The summed E-state index contributed by atoms with van der Waals surface area (Å²) in [6.45, 7) is 5.53. The van der Waals surface area contributed by atoms with Gasteiger partial charge in [-0.2, -0.15) is 0 Å². The predicted molar refractivity (Wildman–Crippen MR) is 137 cm³/mol. The number of carbonyl (C=O) groups excluding carboxylic acids is 2. The van der Waals surface area contributed by atoms with Gasteiger partial charge in [-0.3, -0.25) is 14.4 Å². The quantitative estimate of drug-likeness (QED) is 0.329. The Morgan fingerprint density at radius 2 is 1.79 bits per heavy atom. The Hall–Kier alpha value is -2.75. The number of aliphatic carboxylic acids is 2. The van der Waals surface area contributed by atoms with Crippen LogP contribution in [-0.2, 0) is 24.0 Å². The number of amides is 1. The normalized spacial score (nSPS) is 37.7. The first kappa shape index (κ1) is 28.3. The summed E-state index contributed by atoms with van der Waals surface area (Å²) in [5.41, 5.74) is 0.532. The number of carboxylic acid groups (broad SMARTS) is 2. The highest BCUT2D eigenvalue weighted by Crippen LogP contribution is 2.67. The number of allylic oxidation sites excluding steroid dienone is 2. The van der Waals surface area contributed by atoms with Crippen LogP contribution in [0.4, 0.5) is 0 Å². The molecule has 1 amide bonds. The Balaban J connectivity index is 1.38. The molecule has 3 fully saturated rings. The van der Waals surface area contributed by atoms with Crippen molar-refractivity contribution in [3.63, 3.8) is 0 Å². The van der Waals surface area contributed by atoms with Crippen molar-refractivity contribution in [1.29, 1.82) is 0 Å². The minimum atomic E-state index is -1.30. The van der Waals surface area contributed by atoms with Crippen LogP contribution in [0.15, 0.2) is 16.8 Å². The maximum atomic E-state index is 12.4. The van der Waals surface area contributed by atoms with E-state index in [-0.39, 0.29) is 29.5 Å². The number of Topliss-reactive ketones (excluding diaryl/α,β-unsaturated/α-hetero) is 1. The van der Waals surface area contributed by atoms with Gasteiger partial charge in [0.2, 0.25) is 0 Å². The summed E-state index contributed by atoms with van der Waals surface area (Å²) in [7, 11) is 0. The maximum Gasteiger partial charge on any atom is 0.326 e. The van der Waals surface area contributed by atoms with Crippen molar-refractivity contribution in [2.45, 2.75) is 96.6 Å². The Bertz CT molecular complexity index is 1070. The number of nitrogens with zero attached hydrogens (tertiary/aromatic N) is 1. The minimum absolute atomic E-state index is 0.0242. The third kappa shape index (κ3) is 4.87. The van der Waals surface area contributed by atoms with Crippen LogP contribution in [0.1, 0.15) is 85.0 Å². The highest BCUT2D eigenvalue weighted by atomic mass is 16.6. The Morgan fingerprint density at radius 1 is 1.08 bits per heavy atom. The number of rotatable bonds is 9. The zero-order valence-electron chi connectivity index (χ0n) is 22.5. The van der Waals surface area contributed by atoms with Crippen LogP contribution in [0, 0.1) is 28.6 Å². The number of carbonyl (C=O) groups is 4. The van der Waals surface area contributed by atoms with E-state index in [1.54, 1.807) is 0 Å². The molecule has 10 heteroatoms. The third-order valence-electron chi connectivity index (χ3n) is 10.4. The van der Waals surface area contributed by atoms with Crippen LogP contribution < -0.4 is 5.32 Å². The van der Waals surface area contributed by atoms with Gasteiger partial charge in [0.05, 0.1) is 5.71 Å². The van der Waals surface area contributed by atoms with E-state index in [1.165, 1.54) is 12.5 Å². The largest absolute Gasteiger partial charge is 0.481 e. The standard InChI is InChI=1S/C28H40N2O8/c1-16(31)28(37)13-10-21-19-5-4-17-14-18(8-11-26(17,2)20(19)9-12-27(21,28)3)30-38-15-23(32)29-22(25(35)36)6-7-24(33)34/h14,19-22,37H,4-13,15H2,1-3H3,(H,29,32)(H,33,34)(H,35,36)/t19?,20?,21?,22?,26-,27-,28-/m0/s1. The highest BCUT2D eigenvalue weighted by molar-refractivity contribution is 5.96. The van der Waals surface area contributed by atoms with Crippen molar-refractivity contribution in [1.82, 2.24) is 5.32 Å². The van der Waals surface area contributed by atoms with Crippen molar-refractivity contribution < 1.29 is 39.3 Å². The summed E-state index contributed by atoms with van der Waals surface area (Å²) < 4.78 is 0. The molecule has 4 aliphatic rings. The summed E-state index contributed by atoms with van der Waals surface area (Å²) in [4.78, 5) is 51.7. The zero-order valence-corrected chi connectivity index (χ0v) is 22.5. The number of nitrogens with one attached hydrogen (secondary N) is 1. The molecule has 0 saturated heterocycles. The summed E-state index contributed by atoms with van der Waals surface area (Å²) in [6, 6.07) is -1.30. The second-order valence-corrected chi connectivity index (χ2v) is 12.2. The lowest BCUT2D eigenvalue weighted by Crippen LogP contribution is -2.57. The van der Waals surface area contributed by atoms with E-state index in [0.29, 0.717) is 30.6 Å². The van der Waals surface area contributed by atoms with E-state index < -0.39 is 36.1 Å². The fraction of sp³-hybridized carbons (Fsp3) is 0.750. The van der Waals surface area contributed by atoms with E-state index in [1.807, 2.05) is 0 Å². The van der Waals surface area contributed by atoms with E-state index in [2.05, 4.69) is 30.4 Å². The Morgan fingerprint density at radius 3 is 2.45 bits per heavy atom. The number of oxime groups is 1. The minimum Gasteiger partial charge on any atom is -0.481 e. The topological polar surface area (TPSA) is 163 Å². The number of ketones is 1. The molecule has 0 aromatic carbocycles. The van der Waals surface area contributed by atoms with Gasteiger partial charge in [0.15, 0.2) is 12.4 Å². The van der Waals surface area contributed by atoms with Crippen molar-refractivity contribution in [3.8, 4) is 0 Å². The van der Waals surface area contributed by atoms with Gasteiger partial charge in [0.1, 0.15) is 11.6 Å². The molecule has 210 valence electrons. The molecular formula is C28H40N2O8. The van der Waals surface area contributed by atoms with Gasteiger partial charge in [-0.15, -0.1) is 0 Å². The molecule has 0 aromatic rings. The SMILES string of the molecule is CC(=O)[C@@]1(O)CCC2C3CCC4=CC(=NOCC(=O)NC(CCC(=O)O)C(=O)O)CC[C@]4(C)C3CC[C@@]21C. The van der Waals surface area contributed by atoms with Crippen LogP contribution >= 0.6 is 0 Å². The maximum absolute atomic E-state index is 12.4. The molecule has 4 aliphatic carbocycles. The first-order valence-corrected chi connectivity index (χ1v) is 13.7. The Labute approximate surface area is 222 Å². The molecule has 0 spiro atoms. The average Bonchev–Trinajstić information content (AvgIpc) is 3.13. The first-order valence-electron chi connectivity index (χ1n) is 13.7. The molecule has 0 aromatic heterocycles. The number of hydrogen-bond acceptors (Lipinski definition) is 7. The van der Waals surface area contributed by atoms with Crippen LogP contribution in [-0.4, -0.2) is 62.9 Å². The fourth-order valence-electron chi connectivity index (χ4n) is 8.17. The van der Waals surface area contributed by atoms with E-state index in [4.69, 9.17) is 9.94 Å². The average molecular weight is 533 g/mol. The van der Waals surface area contributed by atoms with Gasteiger partial charge < -0.3 is 25.5 Å². The molecule has 0 radical (unpaired) electrons. The highest BCUT2D eigenvalue weighted by Gasteiger charge is 2.65. The molecule has 7 atom stereocenters. The van der Waals surface area contributed by atoms with Gasteiger partial charge in [0.25, 0.3) is 5.91 Å². The fourth-order valence-corrected chi connectivity index (χ4v) is 8.17. The van der Waals surface area contributed by atoms with Gasteiger partial charge in [-0.1, -0.05) is 24.6 Å². The molecule has 10 nitrogen and oxygen atoms in total. The molecule has 4 rings (SSSR count). The molecule has 0 bridgehead atoms. The van der Waals surface area contributed by atoms with Crippen molar-refractivity contribution in [3.05, 3.63) is 11.6 Å². The predicted octanol–water partition coefficient (Wildman–Crippen LogP) is 3.08. The van der Waals surface area contributed by atoms with Gasteiger partial charge in [-0.05, 0) is 94.0 Å². The van der Waals surface area contributed by atoms with Crippen LogP contribution in [0.3, 0.4) is 0 Å². The number of hydrogen-bond donors (Lipinski definition) is 4. The summed E-state index contributed by atoms with van der Waals surface area (Å²) in [6.07, 6.45) is 8.32. The summed E-state index contributed by atoms with van der Waals surface area (Å²) in [5.74, 6) is -1.90. The lowest BCUT2D eigenvalue weighted by molar-refractivity contribution is -0.159. The Kier molecular flexibility index (Phi) is 7.76. The molecular weight excluding hydrogens is 492 g/mol. The van der Waals surface area contributed by atoms with E-state index in [0.717, 1.165) is 44.2 Å². The number of carboxylic acids is 2. The van der Waals surface area contributed by atoms with Gasteiger partial charge in [-0.25, -0.2) is 4.79 Å². The van der Waals surface area contributed by atoms with E-state index >= 15 is 0 Å². The van der Waals surface area contributed by atoms with Crippen molar-refractivity contribution >= 4 is 29.3 Å². The lowest BCUT2D eigenvalue weighted by atomic mass is 9.46. The monoisotopic (exact) mass is 532 g/mol. The molecule has 4 N–H and O–H groups in total. The van der Waals surface area contributed by atoms with Crippen molar-refractivity contribution in [2.24, 2.45) is 33.7 Å². The number of aliphatic hydroxyl groups is 1. The smallest absolute Gasteiger partial charge is 0.326 e. The number of fused-ring (bicyclic) bond motifs is 5. The summed E-state index contributed by atoms with van der Waals surface area (Å²) >= 11 is 0. The van der Waals surface area contributed by atoms with Crippen LogP contribution in [0.2, 0.25) is 0 Å². The second-order valence-electron chi connectivity index (χ2n) is 12.2. The van der Waals surface area contributed by atoms with Gasteiger partial charge in [0, 0.05) is 11.8 Å². The first-order chi connectivity index (χ1) is 17.8. The third-order valence-corrected chi connectivity index (χ3v) is 10.4. The van der Waals surface area contributed by atoms with Crippen LogP contribution in [0.25, 0.3) is 0 Å². The molecule has 0 heterocycles. The second kappa shape index (κ2) is 10.4. The molecule has 4 unspecified atom stereocenters. The molecule has 38 heavy (non-hydrogen) atoms. The van der Waals surface area contributed by atoms with Crippen LogP contribution in [0.5, 0.6) is 0 Å². The lowest BCUT2D eigenvalue weighted by Gasteiger charge is -2.59. The zero-order chi connectivity index (χ0) is 27.9. The molecule has 0 aliphatic heterocycles.